The number of nitrogens with zero attached hydrogens (tertiary/aromatic N) is 3. The molecule has 0 saturated heterocycles. The maximum Gasteiger partial charge on any atom is 0.144 e. The summed E-state index contributed by atoms with van der Waals surface area (Å²) in [4.78, 5) is 0. The van der Waals surface area contributed by atoms with Crippen LogP contribution in [0.15, 0.2) is 36.5 Å². The third-order valence-electron chi connectivity index (χ3n) is 2.04. The van der Waals surface area contributed by atoms with Gasteiger partial charge in [-0.3, -0.25) is 0 Å². The maximum absolute atomic E-state index is 8.81. The molecular formula is C11H9N3. The van der Waals surface area contributed by atoms with Gasteiger partial charge in [0, 0.05) is 0 Å². The monoisotopic (exact) mass is 183 g/mol. The van der Waals surface area contributed by atoms with Crippen molar-refractivity contribution in [2.75, 3.05) is 0 Å². The largest absolute Gasteiger partial charge is 0.223 e. The van der Waals surface area contributed by atoms with Gasteiger partial charge in [0.15, 0.2) is 0 Å². The molecule has 0 aliphatic heterocycles. The van der Waals surface area contributed by atoms with E-state index in [0.717, 1.165) is 5.69 Å². The number of hydrogen-bond acceptors (Lipinski definition) is 2. The summed E-state index contributed by atoms with van der Waals surface area (Å²) in [5, 5.41) is 12.9. The third-order valence-corrected chi connectivity index (χ3v) is 2.04. The van der Waals surface area contributed by atoms with E-state index in [0.29, 0.717) is 5.69 Å². The Hall–Kier alpha value is -2.08. The van der Waals surface area contributed by atoms with Gasteiger partial charge in [-0.1, -0.05) is 17.7 Å². The van der Waals surface area contributed by atoms with E-state index in [4.69, 9.17) is 5.26 Å². The van der Waals surface area contributed by atoms with Crippen LogP contribution in [0.2, 0.25) is 0 Å². The van der Waals surface area contributed by atoms with Gasteiger partial charge in [-0.05, 0) is 25.1 Å². The van der Waals surface area contributed by atoms with Crippen LogP contribution in [0.3, 0.4) is 0 Å². The highest BCUT2D eigenvalue weighted by molar-refractivity contribution is 5.37. The van der Waals surface area contributed by atoms with E-state index in [1.54, 1.807) is 16.9 Å². The van der Waals surface area contributed by atoms with Crippen LogP contribution in [0.4, 0.5) is 0 Å². The standard InChI is InChI=1S/C11H9N3/c1-9-2-4-10(5-3-9)14-11(8-12)6-7-13-14/h2-7H,1H3. The molecule has 3 heteroatoms. The topological polar surface area (TPSA) is 41.6 Å². The lowest BCUT2D eigenvalue weighted by Gasteiger charge is -2.02. The number of nitriles is 1. The fraction of sp³-hybridized carbons (Fsp3) is 0.0909. The van der Waals surface area contributed by atoms with Gasteiger partial charge in [0.05, 0.1) is 11.9 Å². The SMILES string of the molecule is Cc1ccc(-n2nccc2C#N)cc1. The highest BCUT2D eigenvalue weighted by Gasteiger charge is 2.02. The molecule has 3 nitrogen and oxygen atoms in total. The first-order valence-electron chi connectivity index (χ1n) is 4.32. The first-order chi connectivity index (χ1) is 6.81. The lowest BCUT2D eigenvalue weighted by atomic mass is 10.2. The number of benzene rings is 1. The Morgan fingerprint density at radius 3 is 2.57 bits per heavy atom. The molecule has 0 amide bonds. The first-order valence-corrected chi connectivity index (χ1v) is 4.32. The van der Waals surface area contributed by atoms with Crippen LogP contribution in [-0.2, 0) is 0 Å². The molecule has 0 fully saturated rings. The summed E-state index contributed by atoms with van der Waals surface area (Å²) in [6.45, 7) is 2.03. The zero-order valence-electron chi connectivity index (χ0n) is 7.81. The number of rotatable bonds is 1. The summed E-state index contributed by atoms with van der Waals surface area (Å²) in [7, 11) is 0. The Morgan fingerprint density at radius 1 is 1.21 bits per heavy atom. The van der Waals surface area contributed by atoms with Crippen molar-refractivity contribution in [2.24, 2.45) is 0 Å². The van der Waals surface area contributed by atoms with Gasteiger partial charge in [0.1, 0.15) is 11.8 Å². The van der Waals surface area contributed by atoms with Crippen LogP contribution in [0.25, 0.3) is 5.69 Å². The predicted octanol–water partition coefficient (Wildman–Crippen LogP) is 2.05. The molecule has 68 valence electrons. The van der Waals surface area contributed by atoms with Crippen molar-refractivity contribution < 1.29 is 0 Å². The lowest BCUT2D eigenvalue weighted by Crippen LogP contribution is -1.98. The van der Waals surface area contributed by atoms with Crippen molar-refractivity contribution in [1.29, 1.82) is 5.26 Å². The van der Waals surface area contributed by atoms with Crippen molar-refractivity contribution >= 4 is 0 Å². The number of aromatic nitrogens is 2. The quantitative estimate of drug-likeness (QED) is 0.679. The Balaban J connectivity index is 2.50. The van der Waals surface area contributed by atoms with Gasteiger partial charge >= 0.3 is 0 Å². The van der Waals surface area contributed by atoms with Crippen molar-refractivity contribution in [3.8, 4) is 11.8 Å². The zero-order chi connectivity index (χ0) is 9.97. The van der Waals surface area contributed by atoms with Gasteiger partial charge in [0.25, 0.3) is 0 Å². The van der Waals surface area contributed by atoms with Crippen LogP contribution in [0, 0.1) is 18.3 Å². The molecule has 1 heterocycles. The molecule has 0 spiro atoms. The minimum Gasteiger partial charge on any atom is -0.223 e. The van der Waals surface area contributed by atoms with Crippen LogP contribution in [0.5, 0.6) is 0 Å². The molecule has 1 aromatic carbocycles. The van der Waals surface area contributed by atoms with Crippen LogP contribution in [-0.4, -0.2) is 9.78 Å². The van der Waals surface area contributed by atoms with Crippen molar-refractivity contribution in [2.45, 2.75) is 6.92 Å². The Morgan fingerprint density at radius 2 is 1.93 bits per heavy atom. The second-order valence-electron chi connectivity index (χ2n) is 3.08. The highest BCUT2D eigenvalue weighted by atomic mass is 15.3. The van der Waals surface area contributed by atoms with Crippen LogP contribution >= 0.6 is 0 Å². The van der Waals surface area contributed by atoms with Crippen molar-refractivity contribution in [1.82, 2.24) is 9.78 Å². The molecule has 1 aromatic heterocycles. The number of hydrogen-bond donors (Lipinski definition) is 0. The van der Waals surface area contributed by atoms with Gasteiger partial charge in [-0.25, -0.2) is 4.68 Å². The fourth-order valence-electron chi connectivity index (χ4n) is 1.28. The molecule has 2 rings (SSSR count). The van der Waals surface area contributed by atoms with E-state index >= 15 is 0 Å². The Bertz CT molecular complexity index is 474. The molecule has 0 N–H and O–H groups in total. The van der Waals surface area contributed by atoms with Crippen LogP contribution in [0.1, 0.15) is 11.3 Å². The van der Waals surface area contributed by atoms with E-state index in [1.807, 2.05) is 31.2 Å². The molecule has 0 radical (unpaired) electrons. The number of aryl methyl sites for hydroxylation is 1. The minimum atomic E-state index is 0.550. The van der Waals surface area contributed by atoms with Gasteiger partial charge in [-0.15, -0.1) is 0 Å². The summed E-state index contributed by atoms with van der Waals surface area (Å²) in [5.41, 5.74) is 2.66. The second kappa shape index (κ2) is 3.35. The Kier molecular flexibility index (Phi) is 2.04. The molecule has 0 unspecified atom stereocenters. The molecule has 0 aliphatic rings. The molecular weight excluding hydrogens is 174 g/mol. The molecule has 0 saturated carbocycles. The fourth-order valence-corrected chi connectivity index (χ4v) is 1.28. The summed E-state index contributed by atoms with van der Waals surface area (Å²) < 4.78 is 1.62. The van der Waals surface area contributed by atoms with E-state index in [-0.39, 0.29) is 0 Å². The van der Waals surface area contributed by atoms with E-state index < -0.39 is 0 Å². The molecule has 2 aromatic rings. The summed E-state index contributed by atoms with van der Waals surface area (Å²) >= 11 is 0. The second-order valence-corrected chi connectivity index (χ2v) is 3.08. The Labute approximate surface area is 82.2 Å². The van der Waals surface area contributed by atoms with Crippen molar-refractivity contribution in [3.05, 3.63) is 47.8 Å². The third kappa shape index (κ3) is 1.38. The van der Waals surface area contributed by atoms with E-state index in [9.17, 15) is 0 Å². The minimum absolute atomic E-state index is 0.550. The van der Waals surface area contributed by atoms with E-state index in [1.165, 1.54) is 5.56 Å². The van der Waals surface area contributed by atoms with E-state index in [2.05, 4.69) is 11.2 Å². The molecule has 0 atom stereocenters. The summed E-state index contributed by atoms with van der Waals surface area (Å²) in [5.74, 6) is 0. The lowest BCUT2D eigenvalue weighted by molar-refractivity contribution is 0.866. The normalized spacial score (nSPS) is 9.71. The zero-order valence-corrected chi connectivity index (χ0v) is 7.81. The molecule has 0 aliphatic carbocycles. The first kappa shape index (κ1) is 8.52. The average molecular weight is 183 g/mol. The van der Waals surface area contributed by atoms with Gasteiger partial charge in [0.2, 0.25) is 0 Å². The van der Waals surface area contributed by atoms with Gasteiger partial charge < -0.3 is 0 Å². The predicted molar refractivity (Wildman–Crippen MR) is 53.0 cm³/mol. The molecule has 14 heavy (non-hydrogen) atoms. The summed E-state index contributed by atoms with van der Waals surface area (Å²) in [6.07, 6.45) is 1.62. The smallest absolute Gasteiger partial charge is 0.144 e. The average Bonchev–Trinajstić information content (AvgIpc) is 2.67. The highest BCUT2D eigenvalue weighted by Crippen LogP contribution is 2.10. The maximum atomic E-state index is 8.81. The van der Waals surface area contributed by atoms with Crippen LogP contribution < -0.4 is 0 Å². The van der Waals surface area contributed by atoms with Gasteiger partial charge in [-0.2, -0.15) is 10.4 Å². The molecule has 0 bridgehead atoms. The summed E-state index contributed by atoms with van der Waals surface area (Å²) in [6, 6.07) is 11.7. The van der Waals surface area contributed by atoms with Crippen molar-refractivity contribution in [3.63, 3.8) is 0 Å².